The fourth-order valence-corrected chi connectivity index (χ4v) is 2.11. The predicted octanol–water partition coefficient (Wildman–Crippen LogP) is 2.56. The molecule has 2 rings (SSSR count). The Bertz CT molecular complexity index is 331. The zero-order valence-corrected chi connectivity index (χ0v) is 9.62. The summed E-state index contributed by atoms with van der Waals surface area (Å²) in [5.74, 6) is 0. The molecule has 1 aliphatic rings. The van der Waals surface area contributed by atoms with Crippen LogP contribution in [0, 0.1) is 0 Å². The summed E-state index contributed by atoms with van der Waals surface area (Å²) in [7, 11) is 0. The van der Waals surface area contributed by atoms with Gasteiger partial charge in [-0.3, -0.25) is 4.90 Å². The summed E-state index contributed by atoms with van der Waals surface area (Å²) in [6.07, 6.45) is 0. The molecule has 0 aliphatic carbocycles. The van der Waals surface area contributed by atoms with E-state index < -0.39 is 0 Å². The van der Waals surface area contributed by atoms with Crippen molar-refractivity contribution in [1.82, 2.24) is 4.90 Å². The molecule has 0 unspecified atom stereocenters. The molecular weight excluding hydrogens is 186 g/mol. The van der Waals surface area contributed by atoms with Gasteiger partial charge in [0.2, 0.25) is 0 Å². The zero-order chi connectivity index (χ0) is 10.7. The van der Waals surface area contributed by atoms with E-state index in [9.17, 15) is 0 Å². The van der Waals surface area contributed by atoms with E-state index in [4.69, 9.17) is 4.74 Å². The average molecular weight is 205 g/mol. The van der Waals surface area contributed by atoms with Gasteiger partial charge in [0, 0.05) is 6.54 Å². The summed E-state index contributed by atoms with van der Waals surface area (Å²) in [6.45, 7) is 9.29. The van der Waals surface area contributed by atoms with Crippen LogP contribution in [0.25, 0.3) is 0 Å². The van der Waals surface area contributed by atoms with E-state index in [0.717, 1.165) is 32.8 Å². The van der Waals surface area contributed by atoms with Crippen LogP contribution in [0.1, 0.15) is 30.5 Å². The number of hydrogen-bond donors (Lipinski definition) is 0. The Kier molecular flexibility index (Phi) is 3.39. The van der Waals surface area contributed by atoms with Crippen molar-refractivity contribution in [3.05, 3.63) is 34.9 Å². The van der Waals surface area contributed by atoms with Gasteiger partial charge in [0.15, 0.2) is 0 Å². The van der Waals surface area contributed by atoms with Gasteiger partial charge in [0.05, 0.1) is 13.2 Å². The fourth-order valence-electron chi connectivity index (χ4n) is 2.11. The van der Waals surface area contributed by atoms with Crippen LogP contribution in [0.3, 0.4) is 0 Å². The number of nitrogens with zero attached hydrogens (tertiary/aromatic N) is 1. The molecule has 1 heterocycles. The van der Waals surface area contributed by atoms with Crippen molar-refractivity contribution in [3.63, 3.8) is 0 Å². The minimum Gasteiger partial charge on any atom is -0.372 e. The quantitative estimate of drug-likeness (QED) is 0.749. The third-order valence-electron chi connectivity index (χ3n) is 3.16. The number of hydrogen-bond acceptors (Lipinski definition) is 2. The van der Waals surface area contributed by atoms with Gasteiger partial charge in [-0.1, -0.05) is 32.0 Å². The predicted molar refractivity (Wildman–Crippen MR) is 61.6 cm³/mol. The number of ether oxygens (including phenoxy) is 1. The van der Waals surface area contributed by atoms with Crippen molar-refractivity contribution in [2.45, 2.75) is 33.6 Å². The Labute approximate surface area is 91.9 Å². The lowest BCUT2D eigenvalue weighted by atomic mass is 10.0. The van der Waals surface area contributed by atoms with Crippen LogP contribution in [-0.4, -0.2) is 18.0 Å². The van der Waals surface area contributed by atoms with Crippen LogP contribution in [0.5, 0.6) is 0 Å². The first-order valence-electron chi connectivity index (χ1n) is 5.74. The molecule has 2 nitrogen and oxygen atoms in total. The molecule has 0 fully saturated rings. The molecular formula is C13H19NO. The first kappa shape index (κ1) is 10.7. The van der Waals surface area contributed by atoms with E-state index in [1.165, 1.54) is 16.7 Å². The van der Waals surface area contributed by atoms with Gasteiger partial charge < -0.3 is 4.74 Å². The molecule has 2 heteroatoms. The van der Waals surface area contributed by atoms with Gasteiger partial charge in [0.25, 0.3) is 0 Å². The van der Waals surface area contributed by atoms with Gasteiger partial charge in [-0.2, -0.15) is 0 Å². The molecule has 0 atom stereocenters. The van der Waals surface area contributed by atoms with Crippen LogP contribution < -0.4 is 0 Å². The van der Waals surface area contributed by atoms with Crippen molar-refractivity contribution in [1.29, 1.82) is 0 Å². The second-order valence-corrected chi connectivity index (χ2v) is 4.01. The normalized spacial score (nSPS) is 14.6. The smallest absolute Gasteiger partial charge is 0.0728 e. The Hall–Kier alpha value is -0.860. The second-order valence-electron chi connectivity index (χ2n) is 4.01. The second kappa shape index (κ2) is 4.77. The monoisotopic (exact) mass is 205 g/mol. The summed E-state index contributed by atoms with van der Waals surface area (Å²) < 4.78 is 5.49. The first-order valence-corrected chi connectivity index (χ1v) is 5.74. The van der Waals surface area contributed by atoms with Crippen molar-refractivity contribution in [2.24, 2.45) is 0 Å². The molecule has 82 valence electrons. The van der Waals surface area contributed by atoms with E-state index in [-0.39, 0.29) is 0 Å². The van der Waals surface area contributed by atoms with Crippen molar-refractivity contribution in [3.8, 4) is 0 Å². The SMILES string of the molecule is CCN(CC)Cc1cccc2c1COC2. The molecule has 0 N–H and O–H groups in total. The minimum atomic E-state index is 0.793. The highest BCUT2D eigenvalue weighted by molar-refractivity contribution is 5.36. The molecule has 0 aromatic heterocycles. The summed E-state index contributed by atoms with van der Waals surface area (Å²) in [5.41, 5.74) is 4.23. The molecule has 0 spiro atoms. The summed E-state index contributed by atoms with van der Waals surface area (Å²) in [4.78, 5) is 2.44. The largest absolute Gasteiger partial charge is 0.372 e. The Morgan fingerprint density at radius 2 is 2.00 bits per heavy atom. The van der Waals surface area contributed by atoms with Crippen LogP contribution in [0.15, 0.2) is 18.2 Å². The van der Waals surface area contributed by atoms with E-state index >= 15 is 0 Å². The lowest BCUT2D eigenvalue weighted by molar-refractivity contribution is 0.134. The molecule has 0 saturated heterocycles. The molecule has 15 heavy (non-hydrogen) atoms. The molecule has 0 saturated carbocycles. The van der Waals surface area contributed by atoms with Gasteiger partial charge in [-0.15, -0.1) is 0 Å². The molecule has 1 aromatic carbocycles. The molecule has 1 aromatic rings. The van der Waals surface area contributed by atoms with E-state index in [2.05, 4.69) is 36.9 Å². The number of rotatable bonds is 4. The maximum Gasteiger partial charge on any atom is 0.0728 e. The molecule has 0 amide bonds. The number of fused-ring (bicyclic) bond motifs is 1. The van der Waals surface area contributed by atoms with Crippen LogP contribution >= 0.6 is 0 Å². The highest BCUT2D eigenvalue weighted by atomic mass is 16.5. The maximum absolute atomic E-state index is 5.49. The van der Waals surface area contributed by atoms with Crippen LogP contribution in [0.2, 0.25) is 0 Å². The molecule has 0 radical (unpaired) electrons. The summed E-state index contributed by atoms with van der Waals surface area (Å²) in [6, 6.07) is 6.55. The van der Waals surface area contributed by atoms with Crippen molar-refractivity contribution in [2.75, 3.05) is 13.1 Å². The van der Waals surface area contributed by atoms with E-state index in [1.54, 1.807) is 0 Å². The highest BCUT2D eigenvalue weighted by Gasteiger charge is 2.15. The van der Waals surface area contributed by atoms with Crippen LogP contribution in [0.4, 0.5) is 0 Å². The molecule has 0 bridgehead atoms. The van der Waals surface area contributed by atoms with Crippen LogP contribution in [-0.2, 0) is 24.5 Å². The maximum atomic E-state index is 5.49. The third kappa shape index (κ3) is 2.21. The Morgan fingerprint density at radius 1 is 1.20 bits per heavy atom. The highest BCUT2D eigenvalue weighted by Crippen LogP contribution is 2.24. The third-order valence-corrected chi connectivity index (χ3v) is 3.16. The Balaban J connectivity index is 2.18. The zero-order valence-electron chi connectivity index (χ0n) is 9.62. The summed E-state index contributed by atoms with van der Waals surface area (Å²) >= 11 is 0. The fraction of sp³-hybridized carbons (Fsp3) is 0.538. The van der Waals surface area contributed by atoms with Gasteiger partial charge >= 0.3 is 0 Å². The lowest BCUT2D eigenvalue weighted by Crippen LogP contribution is -2.22. The standard InChI is InChI=1S/C13H19NO/c1-3-14(4-2)8-11-6-5-7-12-9-15-10-13(11)12/h5-7H,3-4,8-10H2,1-2H3. The van der Waals surface area contributed by atoms with Gasteiger partial charge in [-0.05, 0) is 29.8 Å². The van der Waals surface area contributed by atoms with Crippen molar-refractivity contribution < 1.29 is 4.74 Å². The minimum absolute atomic E-state index is 0.793. The first-order chi connectivity index (χ1) is 7.35. The number of benzene rings is 1. The van der Waals surface area contributed by atoms with Crippen molar-refractivity contribution >= 4 is 0 Å². The summed E-state index contributed by atoms with van der Waals surface area (Å²) in [5, 5.41) is 0. The Morgan fingerprint density at radius 3 is 2.73 bits per heavy atom. The van der Waals surface area contributed by atoms with E-state index in [1.807, 2.05) is 0 Å². The van der Waals surface area contributed by atoms with Gasteiger partial charge in [0.1, 0.15) is 0 Å². The van der Waals surface area contributed by atoms with Gasteiger partial charge in [-0.25, -0.2) is 0 Å². The lowest BCUT2D eigenvalue weighted by Gasteiger charge is -2.19. The topological polar surface area (TPSA) is 12.5 Å². The molecule has 1 aliphatic heterocycles. The average Bonchev–Trinajstić information content (AvgIpc) is 2.74. The van der Waals surface area contributed by atoms with E-state index in [0.29, 0.717) is 0 Å².